The largest absolute Gasteiger partial charge is 0.465 e. The molecule has 6 heteroatoms. The average Bonchev–Trinajstić information content (AvgIpc) is 2.72. The van der Waals surface area contributed by atoms with E-state index in [-0.39, 0.29) is 12.0 Å². The quantitative estimate of drug-likeness (QED) is 0.631. The number of carbonyl (C=O) groups is 2. The molecule has 1 fully saturated rings. The molecule has 1 saturated heterocycles. The van der Waals surface area contributed by atoms with Gasteiger partial charge in [-0.3, -0.25) is 10.1 Å². The van der Waals surface area contributed by atoms with Gasteiger partial charge in [0.15, 0.2) is 0 Å². The van der Waals surface area contributed by atoms with Crippen molar-refractivity contribution in [2.24, 2.45) is 11.8 Å². The van der Waals surface area contributed by atoms with Crippen molar-refractivity contribution in [1.29, 1.82) is 0 Å². The lowest BCUT2D eigenvalue weighted by atomic mass is 9.78. The van der Waals surface area contributed by atoms with Crippen molar-refractivity contribution in [3.8, 4) is 0 Å². The van der Waals surface area contributed by atoms with Crippen LogP contribution in [0.3, 0.4) is 0 Å². The first kappa shape index (κ1) is 20.6. The summed E-state index contributed by atoms with van der Waals surface area (Å²) in [6.45, 7) is 0.557. The Morgan fingerprint density at radius 2 is 1.82 bits per heavy atom. The van der Waals surface area contributed by atoms with Gasteiger partial charge in [-0.05, 0) is 41.9 Å². The molecular formula is C22H24BrNO4. The Bertz CT molecular complexity index is 794. The number of ether oxygens (including phenoxy) is 1. The SMILES string of the molecule is O=C(O)NC(=O)C(Cc1ccccc1)C1CCOC(c2ccc(CBr)cc2)C1. The summed E-state index contributed by atoms with van der Waals surface area (Å²) in [4.78, 5) is 23.7. The summed E-state index contributed by atoms with van der Waals surface area (Å²) in [5, 5.41) is 11.9. The Labute approximate surface area is 173 Å². The number of carboxylic acid groups (broad SMARTS) is 1. The predicted octanol–water partition coefficient (Wildman–Crippen LogP) is 4.70. The van der Waals surface area contributed by atoms with E-state index in [1.54, 1.807) is 0 Å². The molecule has 28 heavy (non-hydrogen) atoms. The van der Waals surface area contributed by atoms with Crippen molar-refractivity contribution in [1.82, 2.24) is 5.32 Å². The minimum atomic E-state index is -1.31. The zero-order chi connectivity index (χ0) is 19.9. The molecule has 2 aromatic rings. The van der Waals surface area contributed by atoms with Gasteiger partial charge in [0.25, 0.3) is 0 Å². The van der Waals surface area contributed by atoms with Crippen LogP contribution in [0.2, 0.25) is 0 Å². The first-order chi connectivity index (χ1) is 13.6. The van der Waals surface area contributed by atoms with Gasteiger partial charge in [0.1, 0.15) is 0 Å². The maximum Gasteiger partial charge on any atom is 0.411 e. The van der Waals surface area contributed by atoms with Crippen molar-refractivity contribution in [2.45, 2.75) is 30.7 Å². The molecule has 2 amide bonds. The van der Waals surface area contributed by atoms with Crippen LogP contribution in [0, 0.1) is 11.8 Å². The van der Waals surface area contributed by atoms with Gasteiger partial charge in [-0.15, -0.1) is 0 Å². The number of carbonyl (C=O) groups excluding carboxylic acids is 1. The van der Waals surface area contributed by atoms with Gasteiger partial charge in [-0.1, -0.05) is 70.5 Å². The Hall–Kier alpha value is -2.18. The number of alkyl halides is 1. The van der Waals surface area contributed by atoms with E-state index in [0.717, 1.165) is 22.9 Å². The number of rotatable bonds is 6. The zero-order valence-corrected chi connectivity index (χ0v) is 17.1. The second-order valence-electron chi connectivity index (χ2n) is 7.11. The molecule has 5 nitrogen and oxygen atoms in total. The highest BCUT2D eigenvalue weighted by molar-refractivity contribution is 9.08. The van der Waals surface area contributed by atoms with Crippen LogP contribution < -0.4 is 5.32 Å². The first-order valence-electron chi connectivity index (χ1n) is 9.41. The van der Waals surface area contributed by atoms with Gasteiger partial charge in [-0.2, -0.15) is 0 Å². The van der Waals surface area contributed by atoms with E-state index in [2.05, 4.69) is 45.5 Å². The summed E-state index contributed by atoms with van der Waals surface area (Å²) < 4.78 is 5.97. The fourth-order valence-corrected chi connectivity index (χ4v) is 4.16. The average molecular weight is 446 g/mol. The molecule has 1 heterocycles. The summed E-state index contributed by atoms with van der Waals surface area (Å²) in [6.07, 6.45) is 0.551. The van der Waals surface area contributed by atoms with E-state index >= 15 is 0 Å². The van der Waals surface area contributed by atoms with E-state index in [4.69, 9.17) is 9.84 Å². The van der Waals surface area contributed by atoms with E-state index < -0.39 is 17.9 Å². The van der Waals surface area contributed by atoms with E-state index in [1.807, 2.05) is 30.3 Å². The molecule has 2 aromatic carbocycles. The van der Waals surface area contributed by atoms with E-state index in [0.29, 0.717) is 19.4 Å². The molecule has 0 spiro atoms. The zero-order valence-electron chi connectivity index (χ0n) is 15.5. The minimum absolute atomic E-state index is 0.0501. The van der Waals surface area contributed by atoms with Gasteiger partial charge in [-0.25, -0.2) is 4.79 Å². The number of benzene rings is 2. The molecule has 2 N–H and O–H groups in total. The van der Waals surface area contributed by atoms with Crippen molar-refractivity contribution in [3.05, 3.63) is 71.3 Å². The van der Waals surface area contributed by atoms with Crippen LogP contribution >= 0.6 is 15.9 Å². The molecule has 0 aliphatic carbocycles. The van der Waals surface area contributed by atoms with E-state index in [9.17, 15) is 9.59 Å². The van der Waals surface area contributed by atoms with Gasteiger partial charge < -0.3 is 9.84 Å². The fourth-order valence-electron chi connectivity index (χ4n) is 3.78. The van der Waals surface area contributed by atoms with Crippen LogP contribution in [0.25, 0.3) is 0 Å². The molecule has 0 aromatic heterocycles. The number of hydrogen-bond acceptors (Lipinski definition) is 3. The van der Waals surface area contributed by atoms with Crippen LogP contribution in [-0.2, 0) is 21.3 Å². The van der Waals surface area contributed by atoms with Crippen molar-refractivity contribution < 1.29 is 19.4 Å². The monoisotopic (exact) mass is 445 g/mol. The van der Waals surface area contributed by atoms with Crippen LogP contribution in [0.4, 0.5) is 4.79 Å². The highest BCUT2D eigenvalue weighted by Crippen LogP contribution is 2.37. The molecular weight excluding hydrogens is 422 g/mol. The second-order valence-corrected chi connectivity index (χ2v) is 7.67. The number of imide groups is 1. The first-order valence-corrected chi connectivity index (χ1v) is 10.5. The van der Waals surface area contributed by atoms with Gasteiger partial charge in [0.05, 0.1) is 6.10 Å². The van der Waals surface area contributed by atoms with Crippen LogP contribution in [0.1, 0.15) is 35.6 Å². The summed E-state index contributed by atoms with van der Waals surface area (Å²) >= 11 is 3.45. The standard InChI is InChI=1S/C22H24BrNO4/c23-14-16-6-8-17(9-7-16)20-13-18(10-11-28-20)19(21(25)24-22(26)27)12-15-4-2-1-3-5-15/h1-9,18-20H,10-14H2,(H,24,25)(H,26,27). The number of hydrogen-bond donors (Lipinski definition) is 2. The smallest absolute Gasteiger partial charge is 0.411 e. The lowest BCUT2D eigenvalue weighted by Gasteiger charge is -2.34. The Morgan fingerprint density at radius 1 is 1.11 bits per heavy atom. The van der Waals surface area contributed by atoms with Crippen LogP contribution in [0.5, 0.6) is 0 Å². The normalized spacial score (nSPS) is 20.3. The van der Waals surface area contributed by atoms with Crippen molar-refractivity contribution in [3.63, 3.8) is 0 Å². The van der Waals surface area contributed by atoms with Gasteiger partial charge in [0, 0.05) is 17.9 Å². The van der Waals surface area contributed by atoms with Crippen LogP contribution in [0.15, 0.2) is 54.6 Å². The Kier molecular flexibility index (Phi) is 7.23. The number of halogens is 1. The topological polar surface area (TPSA) is 75.6 Å². The van der Waals surface area contributed by atoms with Crippen LogP contribution in [-0.4, -0.2) is 23.7 Å². The molecule has 148 valence electrons. The third kappa shape index (κ3) is 5.42. The third-order valence-electron chi connectivity index (χ3n) is 5.26. The molecule has 0 bridgehead atoms. The van der Waals surface area contributed by atoms with Crippen molar-refractivity contribution in [2.75, 3.05) is 6.61 Å². The highest BCUT2D eigenvalue weighted by Gasteiger charge is 2.34. The number of nitrogens with one attached hydrogen (secondary N) is 1. The fraction of sp³-hybridized carbons (Fsp3) is 0.364. The minimum Gasteiger partial charge on any atom is -0.465 e. The maximum absolute atomic E-state index is 12.6. The molecule has 3 unspecified atom stereocenters. The van der Waals surface area contributed by atoms with Crippen molar-refractivity contribution >= 4 is 27.9 Å². The molecule has 1 aliphatic heterocycles. The second kappa shape index (κ2) is 9.85. The molecule has 1 aliphatic rings. The highest BCUT2D eigenvalue weighted by atomic mass is 79.9. The summed E-state index contributed by atoms with van der Waals surface area (Å²) in [5.74, 6) is -0.794. The molecule has 3 atom stereocenters. The lowest BCUT2D eigenvalue weighted by molar-refractivity contribution is -0.128. The third-order valence-corrected chi connectivity index (χ3v) is 5.91. The predicted molar refractivity (Wildman–Crippen MR) is 110 cm³/mol. The summed E-state index contributed by atoms with van der Waals surface area (Å²) in [6, 6.07) is 18.0. The molecule has 0 radical (unpaired) electrons. The summed E-state index contributed by atoms with van der Waals surface area (Å²) in [5.41, 5.74) is 3.31. The molecule has 0 saturated carbocycles. The molecule has 3 rings (SSSR count). The Balaban J connectivity index is 1.77. The van der Waals surface area contributed by atoms with E-state index in [1.165, 1.54) is 5.56 Å². The van der Waals surface area contributed by atoms with Gasteiger partial charge >= 0.3 is 6.09 Å². The van der Waals surface area contributed by atoms with Gasteiger partial charge in [0.2, 0.25) is 5.91 Å². The maximum atomic E-state index is 12.6. The number of amides is 2. The summed E-state index contributed by atoms with van der Waals surface area (Å²) in [7, 11) is 0. The lowest BCUT2D eigenvalue weighted by Crippen LogP contribution is -2.41. The Morgan fingerprint density at radius 3 is 2.46 bits per heavy atom.